The predicted octanol–water partition coefficient (Wildman–Crippen LogP) is 2.17. The number of methoxy groups -OCH3 is 2. The van der Waals surface area contributed by atoms with Crippen LogP contribution in [0.3, 0.4) is 0 Å². The fourth-order valence-corrected chi connectivity index (χ4v) is 2.48. The molecule has 0 spiro atoms. The summed E-state index contributed by atoms with van der Waals surface area (Å²) in [6.07, 6.45) is 5.98. The van der Waals surface area contributed by atoms with Gasteiger partial charge in [-0.15, -0.1) is 0 Å². The highest BCUT2D eigenvalue weighted by Crippen LogP contribution is 2.35. The molecule has 1 N–H and O–H groups in total. The van der Waals surface area contributed by atoms with Crippen LogP contribution in [0.4, 0.5) is 0 Å². The summed E-state index contributed by atoms with van der Waals surface area (Å²) in [5.41, 5.74) is 1.47. The lowest BCUT2D eigenvalue weighted by atomic mass is 10.1. The third-order valence-corrected chi connectivity index (χ3v) is 3.76. The first-order valence-corrected chi connectivity index (χ1v) is 7.24. The molecule has 0 saturated heterocycles. The van der Waals surface area contributed by atoms with Gasteiger partial charge in [0.1, 0.15) is 0 Å². The summed E-state index contributed by atoms with van der Waals surface area (Å²) >= 11 is 0. The number of imidazole rings is 1. The summed E-state index contributed by atoms with van der Waals surface area (Å²) in [7, 11) is 3.07. The molecule has 1 amide bonds. The van der Waals surface area contributed by atoms with Crippen molar-refractivity contribution in [1.29, 1.82) is 0 Å². The fraction of sp³-hybridized carbons (Fsp3) is 0.375. The van der Waals surface area contributed by atoms with Crippen LogP contribution in [0, 0.1) is 0 Å². The Morgan fingerprint density at radius 3 is 2.86 bits per heavy atom. The molecule has 22 heavy (non-hydrogen) atoms. The van der Waals surface area contributed by atoms with E-state index >= 15 is 0 Å². The van der Waals surface area contributed by atoms with Gasteiger partial charge in [-0.3, -0.25) is 4.79 Å². The first-order valence-electron chi connectivity index (χ1n) is 7.24. The maximum absolute atomic E-state index is 12.4. The van der Waals surface area contributed by atoms with E-state index in [1.165, 1.54) is 20.0 Å². The molecule has 0 bridgehead atoms. The van der Waals surface area contributed by atoms with E-state index < -0.39 is 0 Å². The molecule has 1 aromatic carbocycles. The maximum Gasteiger partial charge on any atom is 0.255 e. The molecule has 1 heterocycles. The second kappa shape index (κ2) is 6.09. The number of para-hydroxylation sites is 1. The molecular formula is C16H19N3O3. The monoisotopic (exact) mass is 301 g/mol. The first kappa shape index (κ1) is 14.4. The first-order chi connectivity index (χ1) is 10.7. The van der Waals surface area contributed by atoms with Crippen LogP contribution in [-0.4, -0.2) is 29.7 Å². The number of carbonyl (C=O) groups excluding carboxylic acids is 1. The van der Waals surface area contributed by atoms with Crippen LogP contribution in [0.25, 0.3) is 0 Å². The van der Waals surface area contributed by atoms with Gasteiger partial charge in [-0.2, -0.15) is 0 Å². The van der Waals surface area contributed by atoms with Crippen LogP contribution >= 0.6 is 0 Å². The van der Waals surface area contributed by atoms with Gasteiger partial charge in [0.15, 0.2) is 11.5 Å². The smallest absolute Gasteiger partial charge is 0.255 e. The van der Waals surface area contributed by atoms with Gasteiger partial charge < -0.3 is 19.4 Å². The number of benzene rings is 1. The summed E-state index contributed by atoms with van der Waals surface area (Å²) in [5.74, 6) is 0.788. The lowest BCUT2D eigenvalue weighted by Crippen LogP contribution is -2.24. The van der Waals surface area contributed by atoms with Gasteiger partial charge in [0.05, 0.1) is 38.3 Å². The van der Waals surface area contributed by atoms with E-state index in [-0.39, 0.29) is 5.91 Å². The molecule has 6 heteroatoms. The van der Waals surface area contributed by atoms with Crippen LogP contribution in [0.5, 0.6) is 11.5 Å². The van der Waals surface area contributed by atoms with E-state index in [1.54, 1.807) is 31.5 Å². The molecule has 0 radical (unpaired) electrons. The standard InChI is InChI=1S/C16H19N3O3/c1-21-14-5-3-4-13(15(14)22-2)16(20)18-9-12-8-17-10-19(12)11-6-7-11/h3-5,8,10-11H,6-7,9H2,1-2H3,(H,18,20). The summed E-state index contributed by atoms with van der Waals surface area (Å²) in [5, 5.41) is 2.92. The molecule has 6 nitrogen and oxygen atoms in total. The van der Waals surface area contributed by atoms with Gasteiger partial charge in [-0.05, 0) is 25.0 Å². The van der Waals surface area contributed by atoms with Gasteiger partial charge in [0.2, 0.25) is 0 Å². The van der Waals surface area contributed by atoms with E-state index in [9.17, 15) is 4.79 Å². The Labute approximate surface area is 129 Å². The van der Waals surface area contributed by atoms with E-state index in [1.807, 2.05) is 6.33 Å². The molecule has 1 aliphatic carbocycles. The largest absolute Gasteiger partial charge is 0.493 e. The van der Waals surface area contributed by atoms with Crippen LogP contribution < -0.4 is 14.8 Å². The second-order valence-corrected chi connectivity index (χ2v) is 5.25. The molecular weight excluding hydrogens is 282 g/mol. The van der Waals surface area contributed by atoms with Crippen molar-refractivity contribution in [1.82, 2.24) is 14.9 Å². The number of carbonyl (C=O) groups is 1. The highest BCUT2D eigenvalue weighted by molar-refractivity contribution is 5.97. The second-order valence-electron chi connectivity index (χ2n) is 5.25. The van der Waals surface area contributed by atoms with Crippen LogP contribution in [0.2, 0.25) is 0 Å². The summed E-state index contributed by atoms with van der Waals surface area (Å²) < 4.78 is 12.6. The molecule has 1 saturated carbocycles. The van der Waals surface area contributed by atoms with Gasteiger partial charge in [0, 0.05) is 12.2 Å². The van der Waals surface area contributed by atoms with Crippen molar-refractivity contribution in [2.45, 2.75) is 25.4 Å². The average Bonchev–Trinajstić information content (AvgIpc) is 3.29. The molecule has 0 atom stereocenters. The van der Waals surface area contributed by atoms with Gasteiger partial charge >= 0.3 is 0 Å². The number of rotatable bonds is 6. The SMILES string of the molecule is COc1cccc(C(=O)NCc2cncn2C2CC2)c1OC. The predicted molar refractivity (Wildman–Crippen MR) is 81.2 cm³/mol. The Hall–Kier alpha value is -2.50. The highest BCUT2D eigenvalue weighted by atomic mass is 16.5. The Balaban J connectivity index is 1.73. The topological polar surface area (TPSA) is 65.4 Å². The molecule has 1 fully saturated rings. The normalized spacial score (nSPS) is 13.7. The number of hydrogen-bond donors (Lipinski definition) is 1. The zero-order chi connectivity index (χ0) is 15.5. The van der Waals surface area contributed by atoms with Gasteiger partial charge in [0.25, 0.3) is 5.91 Å². The highest BCUT2D eigenvalue weighted by Gasteiger charge is 2.25. The van der Waals surface area contributed by atoms with E-state index in [0.29, 0.717) is 29.6 Å². The molecule has 3 rings (SSSR count). The van der Waals surface area contributed by atoms with Crippen molar-refractivity contribution in [3.05, 3.63) is 42.0 Å². The molecule has 116 valence electrons. The Kier molecular flexibility index (Phi) is 4.00. The lowest BCUT2D eigenvalue weighted by molar-refractivity contribution is 0.0946. The van der Waals surface area contributed by atoms with Crippen molar-refractivity contribution < 1.29 is 14.3 Å². The van der Waals surface area contributed by atoms with Crippen molar-refractivity contribution in [2.75, 3.05) is 14.2 Å². The number of amides is 1. The number of ether oxygens (including phenoxy) is 2. The average molecular weight is 301 g/mol. The Bertz CT molecular complexity index is 677. The molecule has 2 aromatic rings. The molecule has 0 aliphatic heterocycles. The Morgan fingerprint density at radius 1 is 1.36 bits per heavy atom. The minimum absolute atomic E-state index is 0.195. The van der Waals surface area contributed by atoms with Crippen molar-refractivity contribution >= 4 is 5.91 Å². The minimum atomic E-state index is -0.195. The van der Waals surface area contributed by atoms with Gasteiger partial charge in [-0.1, -0.05) is 6.07 Å². The third kappa shape index (κ3) is 2.77. The van der Waals surface area contributed by atoms with Crippen molar-refractivity contribution in [3.8, 4) is 11.5 Å². The third-order valence-electron chi connectivity index (χ3n) is 3.76. The zero-order valence-corrected chi connectivity index (χ0v) is 12.7. The number of nitrogens with zero attached hydrogens (tertiary/aromatic N) is 2. The molecule has 1 aromatic heterocycles. The van der Waals surface area contributed by atoms with Crippen LogP contribution in [0.15, 0.2) is 30.7 Å². The number of nitrogens with one attached hydrogen (secondary N) is 1. The minimum Gasteiger partial charge on any atom is -0.493 e. The zero-order valence-electron chi connectivity index (χ0n) is 12.7. The van der Waals surface area contributed by atoms with Crippen molar-refractivity contribution in [3.63, 3.8) is 0 Å². The van der Waals surface area contributed by atoms with Crippen LogP contribution in [-0.2, 0) is 6.54 Å². The van der Waals surface area contributed by atoms with Crippen molar-refractivity contribution in [2.24, 2.45) is 0 Å². The fourth-order valence-electron chi connectivity index (χ4n) is 2.48. The Morgan fingerprint density at radius 2 is 2.18 bits per heavy atom. The van der Waals surface area contributed by atoms with Gasteiger partial charge in [-0.25, -0.2) is 4.98 Å². The summed E-state index contributed by atoms with van der Waals surface area (Å²) in [6, 6.07) is 5.79. The molecule has 1 aliphatic rings. The quantitative estimate of drug-likeness (QED) is 0.888. The number of hydrogen-bond acceptors (Lipinski definition) is 4. The van der Waals surface area contributed by atoms with Crippen LogP contribution in [0.1, 0.15) is 34.9 Å². The summed E-state index contributed by atoms with van der Waals surface area (Å²) in [6.45, 7) is 0.440. The summed E-state index contributed by atoms with van der Waals surface area (Å²) in [4.78, 5) is 16.6. The van der Waals surface area contributed by atoms with E-state index in [0.717, 1.165) is 5.69 Å². The van der Waals surface area contributed by atoms with E-state index in [2.05, 4.69) is 14.9 Å². The lowest BCUT2D eigenvalue weighted by Gasteiger charge is -2.13. The van der Waals surface area contributed by atoms with E-state index in [4.69, 9.17) is 9.47 Å². The molecule has 0 unspecified atom stereocenters. The number of aromatic nitrogens is 2. The maximum atomic E-state index is 12.4.